The van der Waals surface area contributed by atoms with Gasteiger partial charge in [-0.15, -0.1) is 0 Å². The second kappa shape index (κ2) is 5.74. The number of aryl methyl sites for hydroxylation is 1. The molecule has 0 aromatic heterocycles. The molecule has 6 heteroatoms. The fourth-order valence-electron chi connectivity index (χ4n) is 1.68. The predicted octanol–water partition coefficient (Wildman–Crippen LogP) is 3.32. The number of hydrogen-bond donors (Lipinski definition) is 0. The number of alkyl halides is 3. The molecule has 0 heterocycles. The first-order chi connectivity index (χ1) is 8.85. The second-order valence-corrected chi connectivity index (χ2v) is 3.74. The van der Waals surface area contributed by atoms with Crippen LogP contribution in [0.4, 0.5) is 13.2 Å². The van der Waals surface area contributed by atoms with Gasteiger partial charge in [0.1, 0.15) is 6.07 Å². The number of halogens is 3. The lowest BCUT2D eigenvalue weighted by molar-refractivity contribution is -0.137. The number of ether oxygens (including phenoxy) is 1. The minimum atomic E-state index is -4.55. The highest BCUT2D eigenvalue weighted by Gasteiger charge is 2.33. The smallest absolute Gasteiger partial charge is 0.416 e. The number of carbonyl (C=O) groups excluding carboxylic acids is 1. The van der Waals surface area contributed by atoms with E-state index in [2.05, 4.69) is 0 Å². The number of nitrogens with zero attached hydrogens (tertiary/aromatic N) is 1. The first-order valence-corrected chi connectivity index (χ1v) is 5.66. The number of rotatable bonds is 3. The van der Waals surface area contributed by atoms with Crippen molar-refractivity contribution in [1.82, 2.24) is 0 Å². The van der Waals surface area contributed by atoms with E-state index in [0.29, 0.717) is 6.07 Å². The van der Waals surface area contributed by atoms with Gasteiger partial charge in [0.05, 0.1) is 23.3 Å². The molecule has 19 heavy (non-hydrogen) atoms. The molecular formula is C13H12F3NO2. The molecular weight excluding hydrogens is 259 g/mol. The van der Waals surface area contributed by atoms with Crippen LogP contribution in [-0.4, -0.2) is 12.6 Å². The van der Waals surface area contributed by atoms with Gasteiger partial charge in [-0.25, -0.2) is 4.79 Å². The largest absolute Gasteiger partial charge is 0.462 e. The maximum absolute atomic E-state index is 12.7. The number of esters is 1. The third-order valence-electron chi connectivity index (χ3n) is 2.53. The van der Waals surface area contributed by atoms with Crippen LogP contribution in [0, 0.1) is 11.3 Å². The Labute approximate surface area is 108 Å². The molecule has 3 nitrogen and oxygen atoms in total. The lowest BCUT2D eigenvalue weighted by atomic mass is 9.96. The third-order valence-corrected chi connectivity index (χ3v) is 2.53. The standard InChI is InChI=1S/C13H12F3NO2/c1-3-8-5-10(13(14,15)16)6-9(7-17)11(8)12(18)19-4-2/h5-6H,3-4H2,1-2H3. The zero-order valence-corrected chi connectivity index (χ0v) is 10.5. The number of nitriles is 1. The van der Waals surface area contributed by atoms with E-state index in [9.17, 15) is 18.0 Å². The number of hydrogen-bond acceptors (Lipinski definition) is 3. The average Bonchev–Trinajstić information content (AvgIpc) is 2.36. The Morgan fingerprint density at radius 1 is 1.37 bits per heavy atom. The van der Waals surface area contributed by atoms with Crippen molar-refractivity contribution in [1.29, 1.82) is 5.26 Å². The van der Waals surface area contributed by atoms with Crippen molar-refractivity contribution >= 4 is 5.97 Å². The first-order valence-electron chi connectivity index (χ1n) is 5.66. The molecule has 0 fully saturated rings. The van der Waals surface area contributed by atoms with Gasteiger partial charge in [0.2, 0.25) is 0 Å². The lowest BCUT2D eigenvalue weighted by Gasteiger charge is -2.13. The van der Waals surface area contributed by atoms with Gasteiger partial charge in [-0.2, -0.15) is 18.4 Å². The van der Waals surface area contributed by atoms with E-state index in [-0.39, 0.29) is 29.7 Å². The summed E-state index contributed by atoms with van der Waals surface area (Å²) in [6.07, 6.45) is -4.35. The number of benzene rings is 1. The van der Waals surface area contributed by atoms with Gasteiger partial charge in [0.25, 0.3) is 0 Å². The van der Waals surface area contributed by atoms with Crippen LogP contribution in [0.25, 0.3) is 0 Å². The van der Waals surface area contributed by atoms with E-state index in [1.165, 1.54) is 0 Å². The molecule has 0 aliphatic rings. The Morgan fingerprint density at radius 3 is 2.42 bits per heavy atom. The van der Waals surface area contributed by atoms with E-state index in [4.69, 9.17) is 10.00 Å². The van der Waals surface area contributed by atoms with Crippen LogP contribution in [0.3, 0.4) is 0 Å². The fraction of sp³-hybridized carbons (Fsp3) is 0.385. The van der Waals surface area contributed by atoms with Crippen LogP contribution in [0.5, 0.6) is 0 Å². The molecule has 1 rings (SSSR count). The molecule has 0 atom stereocenters. The summed E-state index contributed by atoms with van der Waals surface area (Å²) in [5.74, 6) is -0.773. The molecule has 0 bridgehead atoms. The highest BCUT2D eigenvalue weighted by molar-refractivity contribution is 5.94. The van der Waals surface area contributed by atoms with Crippen molar-refractivity contribution in [2.75, 3.05) is 6.61 Å². The van der Waals surface area contributed by atoms with Crippen LogP contribution in [0.15, 0.2) is 12.1 Å². The normalized spacial score (nSPS) is 10.9. The van der Waals surface area contributed by atoms with Gasteiger partial charge in [-0.1, -0.05) is 6.92 Å². The van der Waals surface area contributed by atoms with Gasteiger partial charge in [-0.05, 0) is 31.0 Å². The third kappa shape index (κ3) is 3.25. The molecule has 0 radical (unpaired) electrons. The molecule has 0 aliphatic heterocycles. The molecule has 0 spiro atoms. The molecule has 1 aromatic rings. The van der Waals surface area contributed by atoms with Crippen molar-refractivity contribution < 1.29 is 22.7 Å². The molecule has 0 saturated carbocycles. The van der Waals surface area contributed by atoms with Crippen LogP contribution < -0.4 is 0 Å². The molecule has 0 amide bonds. The Bertz CT molecular complexity index is 530. The van der Waals surface area contributed by atoms with E-state index < -0.39 is 17.7 Å². The van der Waals surface area contributed by atoms with Gasteiger partial charge >= 0.3 is 12.1 Å². The maximum atomic E-state index is 12.7. The van der Waals surface area contributed by atoms with Crippen LogP contribution in [-0.2, 0) is 17.3 Å². The molecule has 0 aliphatic carbocycles. The van der Waals surface area contributed by atoms with Gasteiger partial charge in [0, 0.05) is 0 Å². The minimum absolute atomic E-state index is 0.0835. The summed E-state index contributed by atoms with van der Waals surface area (Å²) in [7, 11) is 0. The molecule has 0 N–H and O–H groups in total. The average molecular weight is 271 g/mol. The molecule has 0 saturated heterocycles. The van der Waals surface area contributed by atoms with Crippen molar-refractivity contribution in [2.45, 2.75) is 26.4 Å². The quantitative estimate of drug-likeness (QED) is 0.792. The van der Waals surface area contributed by atoms with Gasteiger partial charge < -0.3 is 4.74 Å². The minimum Gasteiger partial charge on any atom is -0.462 e. The van der Waals surface area contributed by atoms with Crippen molar-refractivity contribution in [3.05, 3.63) is 34.4 Å². The molecule has 1 aromatic carbocycles. The SMILES string of the molecule is CCOC(=O)c1c(C#N)cc(C(F)(F)F)cc1CC. The Kier molecular flexibility index (Phi) is 4.54. The summed E-state index contributed by atoms with van der Waals surface area (Å²) in [4.78, 5) is 11.7. The fourth-order valence-corrected chi connectivity index (χ4v) is 1.68. The highest BCUT2D eigenvalue weighted by Crippen LogP contribution is 2.32. The zero-order chi connectivity index (χ0) is 14.6. The maximum Gasteiger partial charge on any atom is 0.416 e. The summed E-state index contributed by atoms with van der Waals surface area (Å²) in [5, 5.41) is 8.92. The Morgan fingerprint density at radius 2 is 2.00 bits per heavy atom. The van der Waals surface area contributed by atoms with Gasteiger partial charge in [0.15, 0.2) is 0 Å². The predicted molar refractivity (Wildman–Crippen MR) is 61.5 cm³/mol. The van der Waals surface area contributed by atoms with E-state index in [0.717, 1.165) is 6.07 Å². The summed E-state index contributed by atoms with van der Waals surface area (Å²) in [5.41, 5.74) is -1.18. The van der Waals surface area contributed by atoms with E-state index >= 15 is 0 Å². The monoisotopic (exact) mass is 271 g/mol. The van der Waals surface area contributed by atoms with Crippen LogP contribution in [0.1, 0.15) is 40.9 Å². The van der Waals surface area contributed by atoms with Crippen molar-refractivity contribution in [3.8, 4) is 6.07 Å². The summed E-state index contributed by atoms with van der Waals surface area (Å²) in [6, 6.07) is 3.18. The Hall–Kier alpha value is -2.03. The lowest BCUT2D eigenvalue weighted by Crippen LogP contribution is -2.14. The van der Waals surface area contributed by atoms with Crippen LogP contribution >= 0.6 is 0 Å². The second-order valence-electron chi connectivity index (χ2n) is 3.74. The first kappa shape index (κ1) is 15.0. The summed E-state index contributed by atoms with van der Waals surface area (Å²) in [6.45, 7) is 3.28. The van der Waals surface area contributed by atoms with Crippen molar-refractivity contribution in [2.24, 2.45) is 0 Å². The van der Waals surface area contributed by atoms with E-state index in [1.807, 2.05) is 0 Å². The Balaban J connectivity index is 3.48. The zero-order valence-electron chi connectivity index (χ0n) is 10.5. The van der Waals surface area contributed by atoms with Crippen molar-refractivity contribution in [3.63, 3.8) is 0 Å². The summed E-state index contributed by atoms with van der Waals surface area (Å²) < 4.78 is 42.8. The van der Waals surface area contributed by atoms with E-state index in [1.54, 1.807) is 19.9 Å². The van der Waals surface area contributed by atoms with Gasteiger partial charge in [-0.3, -0.25) is 0 Å². The number of carbonyl (C=O) groups is 1. The highest BCUT2D eigenvalue weighted by atomic mass is 19.4. The summed E-state index contributed by atoms with van der Waals surface area (Å²) >= 11 is 0. The molecule has 0 unspecified atom stereocenters. The molecule has 102 valence electrons. The van der Waals surface area contributed by atoms with Crippen LogP contribution in [0.2, 0.25) is 0 Å². The topological polar surface area (TPSA) is 50.1 Å².